The molecule has 0 aliphatic carbocycles. The lowest BCUT2D eigenvalue weighted by atomic mass is 10.1. The molecule has 1 heterocycles. The Morgan fingerprint density at radius 2 is 1.72 bits per heavy atom. The minimum absolute atomic E-state index is 0.260. The number of amides is 5. The largest absolute Gasteiger partial charge is 0.495 e. The summed E-state index contributed by atoms with van der Waals surface area (Å²) in [6.45, 7) is 1.40. The van der Waals surface area contributed by atoms with Crippen molar-refractivity contribution >= 4 is 52.8 Å². The minimum atomic E-state index is -0.875. The lowest BCUT2D eigenvalue weighted by molar-refractivity contribution is -0.122. The smallest absolute Gasteiger partial charge is 0.335 e. The predicted molar refractivity (Wildman–Crippen MR) is 145 cm³/mol. The molecule has 3 aromatic carbocycles. The fourth-order valence-corrected chi connectivity index (χ4v) is 4.00. The van der Waals surface area contributed by atoms with E-state index in [1.165, 1.54) is 38.5 Å². The Morgan fingerprint density at radius 3 is 2.46 bits per heavy atom. The highest BCUT2D eigenvalue weighted by molar-refractivity contribution is 6.39. The number of nitrogens with one attached hydrogen (secondary N) is 2. The van der Waals surface area contributed by atoms with Gasteiger partial charge in [-0.3, -0.25) is 19.7 Å². The second-order valence-electron chi connectivity index (χ2n) is 8.34. The molecule has 1 aliphatic heterocycles. The molecule has 39 heavy (non-hydrogen) atoms. The van der Waals surface area contributed by atoms with E-state index in [0.29, 0.717) is 27.6 Å². The summed E-state index contributed by atoms with van der Waals surface area (Å²) in [6, 6.07) is 15.5. The summed E-state index contributed by atoms with van der Waals surface area (Å²) in [7, 11) is 2.91. The molecule has 4 rings (SSSR count). The number of nitrogens with zero attached hydrogens (tertiary/aromatic N) is 1. The second kappa shape index (κ2) is 11.7. The number of hydrogen-bond acceptors (Lipinski definition) is 7. The Bertz CT molecular complexity index is 1500. The van der Waals surface area contributed by atoms with Gasteiger partial charge in [0.15, 0.2) is 18.1 Å². The van der Waals surface area contributed by atoms with Crippen LogP contribution < -0.4 is 29.7 Å². The third-order valence-corrected chi connectivity index (χ3v) is 5.99. The molecule has 0 aromatic heterocycles. The van der Waals surface area contributed by atoms with Gasteiger partial charge in [0.25, 0.3) is 17.7 Å². The third-order valence-electron chi connectivity index (χ3n) is 5.75. The van der Waals surface area contributed by atoms with E-state index in [1.807, 2.05) is 0 Å². The van der Waals surface area contributed by atoms with Crippen LogP contribution in [0.3, 0.4) is 0 Å². The van der Waals surface area contributed by atoms with Crippen LogP contribution in [0.15, 0.2) is 66.2 Å². The predicted octanol–water partition coefficient (Wildman–Crippen LogP) is 4.35. The Hall–Kier alpha value is -4.83. The first-order chi connectivity index (χ1) is 18.7. The van der Waals surface area contributed by atoms with Gasteiger partial charge >= 0.3 is 6.03 Å². The molecule has 1 saturated heterocycles. The van der Waals surface area contributed by atoms with Gasteiger partial charge in [0, 0.05) is 5.02 Å². The van der Waals surface area contributed by atoms with Crippen molar-refractivity contribution in [1.82, 2.24) is 5.32 Å². The van der Waals surface area contributed by atoms with Gasteiger partial charge in [-0.25, -0.2) is 9.69 Å². The first kappa shape index (κ1) is 27.2. The van der Waals surface area contributed by atoms with Crippen LogP contribution in [0.25, 0.3) is 6.08 Å². The number of carbonyl (C=O) groups is 4. The zero-order valence-corrected chi connectivity index (χ0v) is 22.0. The highest BCUT2D eigenvalue weighted by Crippen LogP contribution is 2.31. The maximum atomic E-state index is 13.2. The zero-order valence-electron chi connectivity index (χ0n) is 21.2. The number of ether oxygens (including phenoxy) is 3. The Balaban J connectivity index is 1.53. The fourth-order valence-electron chi connectivity index (χ4n) is 3.84. The van der Waals surface area contributed by atoms with E-state index in [0.717, 1.165) is 4.90 Å². The molecule has 0 unspecified atom stereocenters. The summed E-state index contributed by atoms with van der Waals surface area (Å²) in [5.74, 6) is -1.03. The number of benzene rings is 3. The molecule has 200 valence electrons. The number of rotatable bonds is 8. The lowest BCUT2D eigenvalue weighted by Gasteiger charge is -2.27. The van der Waals surface area contributed by atoms with Gasteiger partial charge in [-0.1, -0.05) is 35.9 Å². The number of para-hydroxylation sites is 2. The lowest BCUT2D eigenvalue weighted by Crippen LogP contribution is -2.54. The van der Waals surface area contributed by atoms with Crippen molar-refractivity contribution in [1.29, 1.82) is 0 Å². The van der Waals surface area contributed by atoms with E-state index >= 15 is 0 Å². The Labute approximate surface area is 229 Å². The van der Waals surface area contributed by atoms with E-state index in [9.17, 15) is 19.2 Å². The van der Waals surface area contributed by atoms with Crippen LogP contribution in [0.1, 0.15) is 11.1 Å². The topological polar surface area (TPSA) is 123 Å². The average Bonchev–Trinajstić information content (AvgIpc) is 2.92. The summed E-state index contributed by atoms with van der Waals surface area (Å²) >= 11 is 6.07. The normalized spacial score (nSPS) is 14.2. The Morgan fingerprint density at radius 1 is 0.974 bits per heavy atom. The number of methoxy groups -OCH3 is 2. The molecule has 10 nitrogen and oxygen atoms in total. The van der Waals surface area contributed by atoms with Gasteiger partial charge in [-0.15, -0.1) is 0 Å². The molecule has 0 bridgehead atoms. The molecule has 0 atom stereocenters. The standard InChI is InChI=1S/C28H24ClN3O7/c1-16-8-10-18(29)14-21(16)32-27(35)19(26(34)31-28(32)36)12-17-9-11-23(24(13-17)38-3)39-15-25(33)30-20-6-4-5-7-22(20)37-2/h4-14H,15H2,1-3H3,(H,30,33)(H,31,34,36)/b19-12+. The van der Waals surface area contributed by atoms with Crippen molar-refractivity contribution in [3.8, 4) is 17.2 Å². The van der Waals surface area contributed by atoms with Crippen LogP contribution >= 0.6 is 11.6 Å². The molecule has 1 fully saturated rings. The summed E-state index contributed by atoms with van der Waals surface area (Å²) in [6.07, 6.45) is 1.33. The number of carbonyl (C=O) groups excluding carboxylic acids is 4. The molecule has 1 aliphatic rings. The van der Waals surface area contributed by atoms with Gasteiger partial charge in [0.05, 0.1) is 25.6 Å². The molecular weight excluding hydrogens is 526 g/mol. The van der Waals surface area contributed by atoms with Gasteiger partial charge in [-0.05, 0) is 60.5 Å². The number of hydrogen-bond donors (Lipinski definition) is 2. The molecule has 0 spiro atoms. The highest BCUT2D eigenvalue weighted by Gasteiger charge is 2.37. The van der Waals surface area contributed by atoms with Crippen LogP contribution in [0, 0.1) is 6.92 Å². The van der Waals surface area contributed by atoms with Crippen LogP contribution in [0.2, 0.25) is 5.02 Å². The van der Waals surface area contributed by atoms with Crippen LogP contribution in [0.5, 0.6) is 17.2 Å². The molecule has 3 aromatic rings. The number of anilines is 2. The number of urea groups is 1. The van der Waals surface area contributed by atoms with Gasteiger partial charge in [-0.2, -0.15) is 0 Å². The van der Waals surface area contributed by atoms with Crippen molar-refractivity contribution in [3.63, 3.8) is 0 Å². The van der Waals surface area contributed by atoms with Crippen molar-refractivity contribution in [2.45, 2.75) is 6.92 Å². The maximum Gasteiger partial charge on any atom is 0.335 e. The van der Waals surface area contributed by atoms with Crippen molar-refractivity contribution in [3.05, 3.63) is 82.4 Å². The maximum absolute atomic E-state index is 13.2. The molecule has 2 N–H and O–H groups in total. The van der Waals surface area contributed by atoms with Crippen LogP contribution in [0.4, 0.5) is 16.2 Å². The number of aryl methyl sites for hydroxylation is 1. The summed E-state index contributed by atoms with van der Waals surface area (Å²) < 4.78 is 16.2. The first-order valence-electron chi connectivity index (χ1n) is 11.6. The fraction of sp³-hybridized carbons (Fsp3) is 0.143. The van der Waals surface area contributed by atoms with E-state index < -0.39 is 23.8 Å². The monoisotopic (exact) mass is 549 g/mol. The molecule has 11 heteroatoms. The summed E-state index contributed by atoms with van der Waals surface area (Å²) in [4.78, 5) is 51.6. The highest BCUT2D eigenvalue weighted by atomic mass is 35.5. The minimum Gasteiger partial charge on any atom is -0.495 e. The SMILES string of the molecule is COc1ccccc1NC(=O)COc1ccc(/C=C2\C(=O)NC(=O)N(c3cc(Cl)ccc3C)C2=O)cc1OC. The van der Waals surface area contributed by atoms with Crippen LogP contribution in [-0.2, 0) is 14.4 Å². The van der Waals surface area contributed by atoms with Gasteiger partial charge in [0.1, 0.15) is 11.3 Å². The third kappa shape index (κ3) is 6.02. The number of imide groups is 2. The number of halogens is 1. The van der Waals surface area contributed by atoms with Crippen molar-refractivity contribution in [2.24, 2.45) is 0 Å². The average molecular weight is 550 g/mol. The quantitative estimate of drug-likeness (QED) is 0.316. The van der Waals surface area contributed by atoms with Crippen molar-refractivity contribution < 1.29 is 33.4 Å². The van der Waals surface area contributed by atoms with E-state index in [-0.39, 0.29) is 29.4 Å². The van der Waals surface area contributed by atoms with E-state index in [2.05, 4.69) is 10.6 Å². The summed E-state index contributed by atoms with van der Waals surface area (Å²) in [5.41, 5.74) is 1.54. The molecule has 5 amide bonds. The van der Waals surface area contributed by atoms with Crippen LogP contribution in [-0.4, -0.2) is 44.6 Å². The van der Waals surface area contributed by atoms with E-state index in [4.69, 9.17) is 25.8 Å². The van der Waals surface area contributed by atoms with Gasteiger partial charge in [0.2, 0.25) is 0 Å². The number of barbiturate groups is 1. The Kier molecular flexibility index (Phi) is 8.16. The van der Waals surface area contributed by atoms with E-state index in [1.54, 1.807) is 49.4 Å². The second-order valence-corrected chi connectivity index (χ2v) is 8.77. The summed E-state index contributed by atoms with van der Waals surface area (Å²) in [5, 5.41) is 5.22. The van der Waals surface area contributed by atoms with Crippen molar-refractivity contribution in [2.75, 3.05) is 31.0 Å². The molecular formula is C28H24ClN3O7. The molecule has 0 saturated carbocycles. The molecule has 0 radical (unpaired) electrons. The first-order valence-corrected chi connectivity index (χ1v) is 12.0. The zero-order chi connectivity index (χ0) is 28.1. The van der Waals surface area contributed by atoms with Gasteiger partial charge < -0.3 is 19.5 Å².